The molecule has 1 heteroatoms. The van der Waals surface area contributed by atoms with Gasteiger partial charge in [-0.1, -0.05) is 79.9 Å². The van der Waals surface area contributed by atoms with Crippen LogP contribution in [0.25, 0.3) is 0 Å². The highest BCUT2D eigenvalue weighted by Crippen LogP contribution is 2.19. The summed E-state index contributed by atoms with van der Waals surface area (Å²) >= 11 is 0. The van der Waals surface area contributed by atoms with E-state index in [0.717, 1.165) is 6.54 Å². The van der Waals surface area contributed by atoms with Crippen molar-refractivity contribution >= 4 is 0 Å². The van der Waals surface area contributed by atoms with E-state index in [-0.39, 0.29) is 0 Å². The molecule has 1 unspecified atom stereocenters. The van der Waals surface area contributed by atoms with E-state index >= 15 is 0 Å². The Morgan fingerprint density at radius 2 is 1.65 bits per heavy atom. The monoisotopic (exact) mass is 267 g/mol. The number of rotatable bonds is 7. The number of hydrogen-bond donors (Lipinski definition) is 1. The third kappa shape index (κ3) is 4.50. The lowest BCUT2D eigenvalue weighted by Crippen LogP contribution is -2.20. The fourth-order valence-corrected chi connectivity index (χ4v) is 2.43. The fraction of sp³-hybridized carbons (Fsp3) is 0.368. The summed E-state index contributed by atoms with van der Waals surface area (Å²) in [5, 5.41) is 3.71. The molecule has 0 radical (unpaired) electrons. The lowest BCUT2D eigenvalue weighted by molar-refractivity contribution is 0.480. The molecule has 0 heterocycles. The zero-order chi connectivity index (χ0) is 14.2. The summed E-state index contributed by atoms with van der Waals surface area (Å²) in [5.74, 6) is 0. The van der Waals surface area contributed by atoms with Crippen molar-refractivity contribution in [3.63, 3.8) is 0 Å². The van der Waals surface area contributed by atoms with Crippen molar-refractivity contribution in [2.75, 3.05) is 0 Å². The van der Waals surface area contributed by atoms with Gasteiger partial charge in [0.2, 0.25) is 0 Å². The lowest BCUT2D eigenvalue weighted by atomic mass is 10.0. The van der Waals surface area contributed by atoms with E-state index in [1.54, 1.807) is 0 Å². The molecular formula is C19H25N. The smallest absolute Gasteiger partial charge is 0.0323 e. The van der Waals surface area contributed by atoms with Crippen LogP contribution in [0.3, 0.4) is 0 Å². The van der Waals surface area contributed by atoms with Crippen molar-refractivity contribution < 1.29 is 0 Å². The summed E-state index contributed by atoms with van der Waals surface area (Å²) in [4.78, 5) is 0. The minimum atomic E-state index is 0.456. The van der Waals surface area contributed by atoms with E-state index < -0.39 is 0 Å². The summed E-state index contributed by atoms with van der Waals surface area (Å²) in [6.45, 7) is 5.32. The van der Waals surface area contributed by atoms with Gasteiger partial charge in [0, 0.05) is 12.6 Å². The second-order valence-corrected chi connectivity index (χ2v) is 5.47. The highest BCUT2D eigenvalue weighted by molar-refractivity contribution is 5.22. The first kappa shape index (κ1) is 14.8. The van der Waals surface area contributed by atoms with Gasteiger partial charge in [-0.2, -0.15) is 0 Å². The van der Waals surface area contributed by atoms with E-state index in [1.165, 1.54) is 36.0 Å². The van der Waals surface area contributed by atoms with Gasteiger partial charge in [-0.3, -0.25) is 0 Å². The van der Waals surface area contributed by atoms with Crippen LogP contribution >= 0.6 is 0 Å². The van der Waals surface area contributed by atoms with Gasteiger partial charge in [0.05, 0.1) is 0 Å². The molecular weight excluding hydrogens is 242 g/mol. The van der Waals surface area contributed by atoms with Gasteiger partial charge < -0.3 is 5.32 Å². The summed E-state index contributed by atoms with van der Waals surface area (Å²) in [6.07, 6.45) is 3.71. The van der Waals surface area contributed by atoms with E-state index in [9.17, 15) is 0 Å². The van der Waals surface area contributed by atoms with Crippen LogP contribution in [-0.2, 0) is 6.54 Å². The average Bonchev–Trinajstić information content (AvgIpc) is 2.50. The Kier molecular flexibility index (Phi) is 5.82. The maximum atomic E-state index is 3.71. The van der Waals surface area contributed by atoms with Crippen molar-refractivity contribution in [2.24, 2.45) is 0 Å². The molecule has 2 aromatic rings. The van der Waals surface area contributed by atoms with Gasteiger partial charge in [-0.25, -0.2) is 0 Å². The van der Waals surface area contributed by atoms with Crippen LogP contribution in [0.1, 0.15) is 48.9 Å². The first-order valence-electron chi connectivity index (χ1n) is 7.63. The molecule has 0 aromatic heterocycles. The third-order valence-corrected chi connectivity index (χ3v) is 3.72. The van der Waals surface area contributed by atoms with Gasteiger partial charge in [-0.15, -0.1) is 0 Å². The molecule has 2 aromatic carbocycles. The predicted octanol–water partition coefficient (Wildman–Crippen LogP) is 5.02. The Morgan fingerprint density at radius 3 is 2.30 bits per heavy atom. The minimum absolute atomic E-state index is 0.456. The molecule has 0 aliphatic carbocycles. The summed E-state index contributed by atoms with van der Waals surface area (Å²) in [7, 11) is 0. The van der Waals surface area contributed by atoms with Crippen molar-refractivity contribution in [1.29, 1.82) is 0 Å². The second-order valence-electron chi connectivity index (χ2n) is 5.47. The van der Waals surface area contributed by atoms with E-state index in [0.29, 0.717) is 6.04 Å². The van der Waals surface area contributed by atoms with Crippen LogP contribution in [0, 0.1) is 6.92 Å². The van der Waals surface area contributed by atoms with Crippen LogP contribution < -0.4 is 5.32 Å². The molecule has 0 aliphatic heterocycles. The largest absolute Gasteiger partial charge is 0.306 e. The summed E-state index contributed by atoms with van der Waals surface area (Å²) in [5.41, 5.74) is 4.07. The summed E-state index contributed by atoms with van der Waals surface area (Å²) in [6, 6.07) is 20.0. The zero-order valence-corrected chi connectivity index (χ0v) is 12.6. The normalized spacial score (nSPS) is 12.3. The third-order valence-electron chi connectivity index (χ3n) is 3.72. The fourth-order valence-electron chi connectivity index (χ4n) is 2.43. The van der Waals surface area contributed by atoms with Gasteiger partial charge in [0.15, 0.2) is 0 Å². The molecule has 0 aliphatic rings. The van der Waals surface area contributed by atoms with Crippen LogP contribution in [0.5, 0.6) is 0 Å². The zero-order valence-electron chi connectivity index (χ0n) is 12.6. The van der Waals surface area contributed by atoms with Gasteiger partial charge in [-0.05, 0) is 24.5 Å². The quantitative estimate of drug-likeness (QED) is 0.743. The maximum absolute atomic E-state index is 3.71. The molecule has 2 rings (SSSR count). The lowest BCUT2D eigenvalue weighted by Gasteiger charge is -2.19. The highest BCUT2D eigenvalue weighted by atomic mass is 14.9. The first-order chi connectivity index (χ1) is 9.79. The standard InChI is InChI=1S/C19H25N/c1-3-4-10-19(18-8-6-5-7-9-18)20-15-17-13-11-16(2)12-14-17/h5-9,11-14,19-20H,3-4,10,15H2,1-2H3. The number of nitrogens with one attached hydrogen (secondary N) is 1. The van der Waals surface area contributed by atoms with Crippen LogP contribution in [-0.4, -0.2) is 0 Å². The number of hydrogen-bond acceptors (Lipinski definition) is 1. The Morgan fingerprint density at radius 1 is 0.950 bits per heavy atom. The molecule has 0 amide bonds. The van der Waals surface area contributed by atoms with E-state index in [2.05, 4.69) is 73.8 Å². The van der Waals surface area contributed by atoms with Crippen LogP contribution in [0.4, 0.5) is 0 Å². The highest BCUT2D eigenvalue weighted by Gasteiger charge is 2.09. The van der Waals surface area contributed by atoms with E-state index in [1.807, 2.05) is 0 Å². The number of benzene rings is 2. The SMILES string of the molecule is CCCCC(NCc1ccc(C)cc1)c1ccccc1. The van der Waals surface area contributed by atoms with E-state index in [4.69, 9.17) is 0 Å². The van der Waals surface area contributed by atoms with Crippen LogP contribution in [0.15, 0.2) is 54.6 Å². The predicted molar refractivity (Wildman–Crippen MR) is 86.7 cm³/mol. The molecule has 0 spiro atoms. The Bertz CT molecular complexity index is 487. The van der Waals surface area contributed by atoms with Gasteiger partial charge in [0.25, 0.3) is 0 Å². The van der Waals surface area contributed by atoms with Crippen molar-refractivity contribution in [3.8, 4) is 0 Å². The number of unbranched alkanes of at least 4 members (excludes halogenated alkanes) is 1. The second kappa shape index (κ2) is 7.86. The molecule has 0 fully saturated rings. The molecule has 1 nitrogen and oxygen atoms in total. The van der Waals surface area contributed by atoms with Crippen molar-refractivity contribution in [2.45, 2.75) is 45.7 Å². The van der Waals surface area contributed by atoms with Gasteiger partial charge in [0.1, 0.15) is 0 Å². The molecule has 0 saturated heterocycles. The molecule has 106 valence electrons. The van der Waals surface area contributed by atoms with Crippen molar-refractivity contribution in [1.82, 2.24) is 5.32 Å². The Labute approximate surface area is 123 Å². The topological polar surface area (TPSA) is 12.0 Å². The minimum Gasteiger partial charge on any atom is -0.306 e. The average molecular weight is 267 g/mol. The number of aryl methyl sites for hydroxylation is 1. The van der Waals surface area contributed by atoms with Gasteiger partial charge >= 0.3 is 0 Å². The maximum Gasteiger partial charge on any atom is 0.0323 e. The van der Waals surface area contributed by atoms with Crippen LogP contribution in [0.2, 0.25) is 0 Å². The Balaban J connectivity index is 1.99. The molecule has 20 heavy (non-hydrogen) atoms. The molecule has 0 saturated carbocycles. The molecule has 1 atom stereocenters. The Hall–Kier alpha value is -1.60. The van der Waals surface area contributed by atoms with Crippen molar-refractivity contribution in [3.05, 3.63) is 71.3 Å². The summed E-state index contributed by atoms with van der Waals surface area (Å²) < 4.78 is 0. The molecule has 0 bridgehead atoms. The molecule has 1 N–H and O–H groups in total. The first-order valence-corrected chi connectivity index (χ1v) is 7.63.